The topological polar surface area (TPSA) is 0 Å². The molecule has 0 aromatic heterocycles. The Labute approximate surface area is 85.7 Å². The van der Waals surface area contributed by atoms with Gasteiger partial charge in [0.15, 0.2) is 0 Å². The Bertz CT molecular complexity index is 173. The lowest BCUT2D eigenvalue weighted by Gasteiger charge is -2.18. The van der Waals surface area contributed by atoms with E-state index in [4.69, 9.17) is 23.2 Å². The first kappa shape index (κ1) is 13.1. The molecule has 0 aliphatic carbocycles. The Morgan fingerprint density at radius 1 is 1.23 bits per heavy atom. The van der Waals surface area contributed by atoms with E-state index in [0.717, 1.165) is 18.9 Å². The minimum Gasteiger partial charge on any atom is -0.167 e. The van der Waals surface area contributed by atoms with Crippen LogP contribution in [0.2, 0.25) is 0 Å². The second-order valence-corrected chi connectivity index (χ2v) is 4.05. The van der Waals surface area contributed by atoms with Gasteiger partial charge in [0.2, 0.25) is 4.33 Å². The second-order valence-electron chi connectivity index (χ2n) is 2.67. The smallest absolute Gasteiger partial charge is 0.167 e. The second kappa shape index (κ2) is 5.11. The molecule has 0 saturated carbocycles. The van der Waals surface area contributed by atoms with E-state index in [0.29, 0.717) is 6.42 Å². The van der Waals surface area contributed by atoms with Gasteiger partial charge in [0.1, 0.15) is 0 Å². The van der Waals surface area contributed by atoms with Gasteiger partial charge in [-0.1, -0.05) is 49.0 Å². The van der Waals surface area contributed by atoms with Crippen LogP contribution in [0, 0.1) is 0 Å². The number of hydrogen-bond acceptors (Lipinski definition) is 0. The van der Waals surface area contributed by atoms with Crippen molar-refractivity contribution in [3.8, 4) is 0 Å². The monoisotopic (exact) mass is 234 g/mol. The third-order valence-electron chi connectivity index (χ3n) is 1.43. The largest absolute Gasteiger partial charge is 0.425 e. The molecule has 0 saturated heterocycles. The Morgan fingerprint density at radius 3 is 2.15 bits per heavy atom. The van der Waals surface area contributed by atoms with Crippen LogP contribution in [-0.2, 0) is 0 Å². The van der Waals surface area contributed by atoms with Crippen molar-refractivity contribution in [1.82, 2.24) is 0 Å². The maximum atomic E-state index is 12.0. The molecule has 0 heterocycles. The molecule has 0 radical (unpaired) electrons. The normalized spacial score (nSPS) is 14.0. The van der Waals surface area contributed by atoms with Gasteiger partial charge in [-0.05, 0) is 12.5 Å². The quantitative estimate of drug-likeness (QED) is 0.383. The van der Waals surface area contributed by atoms with Crippen LogP contribution < -0.4 is 0 Å². The van der Waals surface area contributed by atoms with Crippen molar-refractivity contribution in [2.75, 3.05) is 0 Å². The summed E-state index contributed by atoms with van der Waals surface area (Å²) in [5.41, 5.74) is 0. The zero-order chi connectivity index (χ0) is 10.5. The predicted octanol–water partition coefficient (Wildman–Crippen LogP) is 4.47. The van der Waals surface area contributed by atoms with Crippen LogP contribution in [0.15, 0.2) is 12.2 Å². The summed E-state index contributed by atoms with van der Waals surface area (Å²) in [4.78, 5) is 0. The fourth-order valence-corrected chi connectivity index (χ4v) is 0.826. The first-order valence-electron chi connectivity index (χ1n) is 3.93. The molecule has 78 valence electrons. The highest BCUT2D eigenvalue weighted by Gasteiger charge is 2.50. The molecule has 0 unspecified atom stereocenters. The molecular formula is C8H11Cl2F3. The molecule has 5 heteroatoms. The average Bonchev–Trinajstić information content (AvgIpc) is 1.96. The summed E-state index contributed by atoms with van der Waals surface area (Å²) < 4.78 is 33.3. The molecule has 0 bridgehead atoms. The summed E-state index contributed by atoms with van der Waals surface area (Å²) in [6.45, 7) is 1.95. The van der Waals surface area contributed by atoms with E-state index in [9.17, 15) is 13.2 Å². The van der Waals surface area contributed by atoms with Gasteiger partial charge in [-0.25, -0.2) is 0 Å². The standard InChI is InChI=1S/C8H11Cl2F3/c1-2-3-4-5-6-7(9,10)8(11,12)13/h5-6H,2-4H2,1H3. The molecule has 0 aliphatic rings. The Morgan fingerprint density at radius 2 is 1.77 bits per heavy atom. The van der Waals surface area contributed by atoms with E-state index in [-0.39, 0.29) is 0 Å². The van der Waals surface area contributed by atoms with E-state index in [1.165, 1.54) is 6.08 Å². The van der Waals surface area contributed by atoms with Crippen LogP contribution in [0.1, 0.15) is 26.2 Å². The molecule has 13 heavy (non-hydrogen) atoms. The lowest BCUT2D eigenvalue weighted by Crippen LogP contribution is -2.31. The summed E-state index contributed by atoms with van der Waals surface area (Å²) >= 11 is 10.1. The molecule has 0 fully saturated rings. The molecule has 0 atom stereocenters. The SMILES string of the molecule is CCCCC=CC(Cl)(Cl)C(F)(F)F. The van der Waals surface area contributed by atoms with Crippen molar-refractivity contribution in [2.24, 2.45) is 0 Å². The number of rotatable bonds is 4. The fraction of sp³-hybridized carbons (Fsp3) is 0.750. The predicted molar refractivity (Wildman–Crippen MR) is 49.2 cm³/mol. The highest BCUT2D eigenvalue weighted by molar-refractivity contribution is 6.50. The van der Waals surface area contributed by atoms with Crippen LogP contribution in [0.5, 0.6) is 0 Å². The summed E-state index contributed by atoms with van der Waals surface area (Å²) in [5, 5.41) is 0. The Balaban J connectivity index is 4.09. The zero-order valence-electron chi connectivity index (χ0n) is 7.17. The lowest BCUT2D eigenvalue weighted by molar-refractivity contribution is -0.131. The maximum Gasteiger partial charge on any atom is 0.425 e. The molecule has 0 amide bonds. The molecule has 0 aliphatic heterocycles. The van der Waals surface area contributed by atoms with E-state index in [1.807, 2.05) is 6.92 Å². The van der Waals surface area contributed by atoms with E-state index in [2.05, 4.69) is 0 Å². The maximum absolute atomic E-state index is 12.0. The number of hydrogen-bond donors (Lipinski definition) is 0. The van der Waals surface area contributed by atoms with Gasteiger partial charge in [-0.3, -0.25) is 0 Å². The molecule has 0 spiro atoms. The van der Waals surface area contributed by atoms with Gasteiger partial charge in [0, 0.05) is 0 Å². The van der Waals surface area contributed by atoms with Gasteiger partial charge in [0.05, 0.1) is 0 Å². The Kier molecular flexibility index (Phi) is 5.15. The van der Waals surface area contributed by atoms with Crippen molar-refractivity contribution in [1.29, 1.82) is 0 Å². The number of unbranched alkanes of at least 4 members (excludes halogenated alkanes) is 2. The fourth-order valence-electron chi connectivity index (χ4n) is 0.648. The molecule has 0 rings (SSSR count). The highest BCUT2D eigenvalue weighted by atomic mass is 35.5. The van der Waals surface area contributed by atoms with Crippen LogP contribution >= 0.6 is 23.2 Å². The van der Waals surface area contributed by atoms with Gasteiger partial charge in [-0.15, -0.1) is 0 Å². The van der Waals surface area contributed by atoms with Crippen LogP contribution in [0.25, 0.3) is 0 Å². The van der Waals surface area contributed by atoms with Gasteiger partial charge in [0.25, 0.3) is 0 Å². The number of halogens is 5. The van der Waals surface area contributed by atoms with Gasteiger partial charge >= 0.3 is 6.18 Å². The molecule has 0 nitrogen and oxygen atoms in total. The molecule has 0 N–H and O–H groups in total. The van der Waals surface area contributed by atoms with Crippen molar-refractivity contribution in [3.63, 3.8) is 0 Å². The first-order valence-corrected chi connectivity index (χ1v) is 4.69. The van der Waals surface area contributed by atoms with Crippen molar-refractivity contribution < 1.29 is 13.2 Å². The molecular weight excluding hydrogens is 224 g/mol. The van der Waals surface area contributed by atoms with Crippen LogP contribution in [0.3, 0.4) is 0 Å². The zero-order valence-corrected chi connectivity index (χ0v) is 8.68. The summed E-state index contributed by atoms with van der Waals surface area (Å²) in [6, 6.07) is 0. The third kappa shape index (κ3) is 4.77. The van der Waals surface area contributed by atoms with E-state index < -0.39 is 10.5 Å². The van der Waals surface area contributed by atoms with E-state index in [1.54, 1.807) is 0 Å². The molecule has 0 aromatic rings. The summed E-state index contributed by atoms with van der Waals surface area (Å²) in [6.07, 6.45) is -0.151. The van der Waals surface area contributed by atoms with Crippen molar-refractivity contribution >= 4 is 23.2 Å². The highest BCUT2D eigenvalue weighted by Crippen LogP contribution is 2.40. The molecule has 0 aromatic carbocycles. The lowest BCUT2D eigenvalue weighted by atomic mass is 10.2. The van der Waals surface area contributed by atoms with Crippen molar-refractivity contribution in [2.45, 2.75) is 36.7 Å². The summed E-state index contributed by atoms with van der Waals surface area (Å²) in [7, 11) is 0. The minimum atomic E-state index is -4.61. The third-order valence-corrected chi connectivity index (χ3v) is 2.11. The number of alkyl halides is 5. The van der Waals surface area contributed by atoms with Crippen LogP contribution in [0.4, 0.5) is 13.2 Å². The van der Waals surface area contributed by atoms with E-state index >= 15 is 0 Å². The van der Waals surface area contributed by atoms with Crippen LogP contribution in [-0.4, -0.2) is 10.5 Å². The van der Waals surface area contributed by atoms with Crippen molar-refractivity contribution in [3.05, 3.63) is 12.2 Å². The van der Waals surface area contributed by atoms with Gasteiger partial charge < -0.3 is 0 Å². The van der Waals surface area contributed by atoms with Gasteiger partial charge in [-0.2, -0.15) is 13.2 Å². The Hall–Kier alpha value is 0.110. The minimum absolute atomic E-state index is 0.563. The number of allylic oxidation sites excluding steroid dienone is 2. The first-order chi connectivity index (χ1) is 5.81. The summed E-state index contributed by atoms with van der Waals surface area (Å²) in [5.74, 6) is 0. The average molecular weight is 235 g/mol.